The van der Waals surface area contributed by atoms with Crippen molar-refractivity contribution in [1.82, 2.24) is 4.98 Å². The van der Waals surface area contributed by atoms with Gasteiger partial charge in [0.1, 0.15) is 0 Å². The molecule has 19 heavy (non-hydrogen) atoms. The van der Waals surface area contributed by atoms with Crippen molar-refractivity contribution in [3.63, 3.8) is 0 Å². The van der Waals surface area contributed by atoms with Crippen LogP contribution in [0.15, 0.2) is 48.5 Å². The maximum Gasteiger partial charge on any atom is 0.0710 e. The Bertz CT molecular complexity index is 716. The van der Waals surface area contributed by atoms with Crippen LogP contribution in [0.2, 0.25) is 5.02 Å². The number of halogens is 1. The second kappa shape index (κ2) is 4.98. The van der Waals surface area contributed by atoms with Crippen LogP contribution in [-0.2, 0) is 6.54 Å². The lowest BCUT2D eigenvalue weighted by Crippen LogP contribution is -2.00. The molecule has 0 fully saturated rings. The molecule has 0 spiro atoms. The van der Waals surface area contributed by atoms with E-state index in [0.29, 0.717) is 6.54 Å². The predicted molar refractivity (Wildman–Crippen MR) is 81.8 cm³/mol. The molecule has 1 heterocycles. The molecule has 0 amide bonds. The summed E-state index contributed by atoms with van der Waals surface area (Å²) in [6.45, 7) is 2.78. The molecule has 2 N–H and O–H groups in total. The number of benzene rings is 2. The summed E-state index contributed by atoms with van der Waals surface area (Å²) in [4.78, 5) is 3.35. The van der Waals surface area contributed by atoms with E-state index in [1.165, 1.54) is 5.56 Å². The van der Waals surface area contributed by atoms with Gasteiger partial charge in [-0.1, -0.05) is 41.9 Å². The summed E-state index contributed by atoms with van der Waals surface area (Å²) in [5.74, 6) is 0. The molecular weight excluding hydrogens is 256 g/mol. The number of anilines is 1. The van der Waals surface area contributed by atoms with E-state index in [-0.39, 0.29) is 0 Å². The molecule has 0 aliphatic rings. The number of aryl methyl sites for hydroxylation is 1. The Morgan fingerprint density at radius 3 is 2.74 bits per heavy atom. The maximum atomic E-state index is 6.38. The molecule has 1 aromatic heterocycles. The Morgan fingerprint density at radius 2 is 1.95 bits per heavy atom. The van der Waals surface area contributed by atoms with E-state index in [4.69, 9.17) is 11.6 Å². The summed E-state index contributed by atoms with van der Waals surface area (Å²) in [7, 11) is 0. The van der Waals surface area contributed by atoms with Crippen LogP contribution in [0.5, 0.6) is 0 Å². The third-order valence-electron chi connectivity index (χ3n) is 3.20. The number of nitrogens with one attached hydrogen (secondary N) is 2. The number of aromatic amines is 1. The van der Waals surface area contributed by atoms with E-state index in [0.717, 1.165) is 27.3 Å². The average Bonchev–Trinajstić information content (AvgIpc) is 2.74. The molecule has 0 bridgehead atoms. The minimum absolute atomic E-state index is 0.691. The first kappa shape index (κ1) is 12.1. The highest BCUT2D eigenvalue weighted by Gasteiger charge is 2.08. The lowest BCUT2D eigenvalue weighted by Gasteiger charge is -2.06. The monoisotopic (exact) mass is 270 g/mol. The van der Waals surface area contributed by atoms with Gasteiger partial charge in [-0.15, -0.1) is 0 Å². The second-order valence-corrected chi connectivity index (χ2v) is 5.06. The standard InChI is InChI=1S/C16H15ClN2/c1-11-5-4-6-12(9-11)18-10-15-16(17)13-7-2-3-8-14(13)19-15/h2-9,18-19H,10H2,1H3. The first-order valence-corrected chi connectivity index (χ1v) is 6.67. The van der Waals surface area contributed by atoms with Crippen molar-refractivity contribution in [2.45, 2.75) is 13.5 Å². The number of fused-ring (bicyclic) bond motifs is 1. The van der Waals surface area contributed by atoms with Crippen LogP contribution in [0, 0.1) is 6.92 Å². The van der Waals surface area contributed by atoms with Gasteiger partial charge in [0.15, 0.2) is 0 Å². The zero-order valence-corrected chi connectivity index (χ0v) is 11.5. The van der Waals surface area contributed by atoms with E-state index in [1.807, 2.05) is 30.3 Å². The Labute approximate surface area is 117 Å². The Morgan fingerprint density at radius 1 is 1.11 bits per heavy atom. The lowest BCUT2D eigenvalue weighted by molar-refractivity contribution is 1.08. The molecule has 0 aliphatic carbocycles. The highest BCUT2D eigenvalue weighted by Crippen LogP contribution is 2.27. The third kappa shape index (κ3) is 2.45. The summed E-state index contributed by atoms with van der Waals surface area (Å²) in [5.41, 5.74) is 4.44. The van der Waals surface area contributed by atoms with Gasteiger partial charge in [-0.2, -0.15) is 0 Å². The van der Waals surface area contributed by atoms with Gasteiger partial charge in [-0.25, -0.2) is 0 Å². The molecule has 2 nitrogen and oxygen atoms in total. The van der Waals surface area contributed by atoms with Gasteiger partial charge in [0, 0.05) is 16.6 Å². The van der Waals surface area contributed by atoms with Crippen molar-refractivity contribution >= 4 is 28.2 Å². The number of hydrogen-bond donors (Lipinski definition) is 2. The summed E-state index contributed by atoms with van der Waals surface area (Å²) >= 11 is 6.38. The van der Waals surface area contributed by atoms with Crippen molar-refractivity contribution < 1.29 is 0 Å². The zero-order chi connectivity index (χ0) is 13.2. The largest absolute Gasteiger partial charge is 0.379 e. The fourth-order valence-corrected chi connectivity index (χ4v) is 2.51. The molecule has 0 atom stereocenters. The first-order valence-electron chi connectivity index (χ1n) is 6.29. The number of H-pyrrole nitrogens is 1. The molecule has 0 unspecified atom stereocenters. The highest BCUT2D eigenvalue weighted by molar-refractivity contribution is 6.36. The number of hydrogen-bond acceptors (Lipinski definition) is 1. The van der Waals surface area contributed by atoms with Crippen LogP contribution < -0.4 is 5.32 Å². The van der Waals surface area contributed by atoms with Gasteiger partial charge in [-0.05, 0) is 30.7 Å². The lowest BCUT2D eigenvalue weighted by atomic mass is 10.2. The Balaban J connectivity index is 1.84. The van der Waals surface area contributed by atoms with Gasteiger partial charge < -0.3 is 10.3 Å². The topological polar surface area (TPSA) is 27.8 Å². The van der Waals surface area contributed by atoms with Crippen LogP contribution >= 0.6 is 11.6 Å². The van der Waals surface area contributed by atoms with Crippen molar-refractivity contribution in [2.24, 2.45) is 0 Å². The minimum Gasteiger partial charge on any atom is -0.379 e. The third-order valence-corrected chi connectivity index (χ3v) is 3.63. The zero-order valence-electron chi connectivity index (χ0n) is 10.7. The molecule has 3 heteroatoms. The van der Waals surface area contributed by atoms with Crippen LogP contribution in [0.4, 0.5) is 5.69 Å². The summed E-state index contributed by atoms with van der Waals surface area (Å²) < 4.78 is 0. The molecule has 3 rings (SSSR count). The van der Waals surface area contributed by atoms with E-state index in [1.54, 1.807) is 0 Å². The average molecular weight is 271 g/mol. The summed E-state index contributed by atoms with van der Waals surface area (Å²) in [5, 5.41) is 5.26. The van der Waals surface area contributed by atoms with Crippen molar-refractivity contribution in [2.75, 3.05) is 5.32 Å². The maximum absolute atomic E-state index is 6.38. The molecule has 96 valence electrons. The Kier molecular flexibility index (Phi) is 3.18. The summed E-state index contributed by atoms with van der Waals surface area (Å²) in [6, 6.07) is 16.4. The number of aromatic nitrogens is 1. The molecule has 0 radical (unpaired) electrons. The van der Waals surface area contributed by atoms with E-state index in [2.05, 4.69) is 35.4 Å². The van der Waals surface area contributed by atoms with E-state index < -0.39 is 0 Å². The highest BCUT2D eigenvalue weighted by atomic mass is 35.5. The molecule has 0 aliphatic heterocycles. The van der Waals surface area contributed by atoms with Crippen LogP contribution in [0.3, 0.4) is 0 Å². The fourth-order valence-electron chi connectivity index (χ4n) is 2.23. The quantitative estimate of drug-likeness (QED) is 0.707. The van der Waals surface area contributed by atoms with Crippen LogP contribution in [0.1, 0.15) is 11.3 Å². The molecule has 2 aromatic carbocycles. The van der Waals surface area contributed by atoms with Crippen molar-refractivity contribution in [3.8, 4) is 0 Å². The molecule has 3 aromatic rings. The first-order chi connectivity index (χ1) is 9.24. The number of rotatable bonds is 3. The SMILES string of the molecule is Cc1cccc(NCc2[nH]c3ccccc3c2Cl)c1. The summed E-state index contributed by atoms with van der Waals surface area (Å²) in [6.07, 6.45) is 0. The predicted octanol–water partition coefficient (Wildman–Crippen LogP) is 4.74. The molecule has 0 saturated carbocycles. The van der Waals surface area contributed by atoms with Crippen LogP contribution in [0.25, 0.3) is 10.9 Å². The van der Waals surface area contributed by atoms with Gasteiger partial charge in [0.05, 0.1) is 17.3 Å². The fraction of sp³-hybridized carbons (Fsp3) is 0.125. The normalized spacial score (nSPS) is 10.8. The minimum atomic E-state index is 0.691. The van der Waals surface area contributed by atoms with Crippen molar-refractivity contribution in [1.29, 1.82) is 0 Å². The van der Waals surface area contributed by atoms with Crippen LogP contribution in [-0.4, -0.2) is 4.98 Å². The Hall–Kier alpha value is -1.93. The van der Waals surface area contributed by atoms with Gasteiger partial charge in [-0.3, -0.25) is 0 Å². The second-order valence-electron chi connectivity index (χ2n) is 4.69. The van der Waals surface area contributed by atoms with Gasteiger partial charge in [0.2, 0.25) is 0 Å². The van der Waals surface area contributed by atoms with Gasteiger partial charge >= 0.3 is 0 Å². The van der Waals surface area contributed by atoms with E-state index >= 15 is 0 Å². The van der Waals surface area contributed by atoms with Crippen molar-refractivity contribution in [3.05, 3.63) is 64.8 Å². The molecular formula is C16H15ClN2. The smallest absolute Gasteiger partial charge is 0.0710 e. The number of para-hydroxylation sites is 1. The molecule has 0 saturated heterocycles. The van der Waals surface area contributed by atoms with E-state index in [9.17, 15) is 0 Å². The van der Waals surface area contributed by atoms with Gasteiger partial charge in [0.25, 0.3) is 0 Å².